The fourth-order valence-electron chi connectivity index (χ4n) is 2.70. The first-order chi connectivity index (χ1) is 9.63. The molecule has 1 heterocycles. The van der Waals surface area contributed by atoms with Crippen LogP contribution >= 0.6 is 0 Å². The number of rotatable bonds is 4. The minimum atomic E-state index is 0.233. The molecule has 1 fully saturated rings. The highest BCUT2D eigenvalue weighted by Crippen LogP contribution is 2.20. The normalized spacial score (nSPS) is 22.6. The molecule has 110 valence electrons. The number of piperazine rings is 1. The van der Waals surface area contributed by atoms with Crippen LogP contribution in [0.2, 0.25) is 0 Å². The van der Waals surface area contributed by atoms with Crippen molar-refractivity contribution >= 4 is 5.91 Å². The Hall–Kier alpha value is -1.55. The van der Waals surface area contributed by atoms with Crippen LogP contribution in [0.1, 0.15) is 25.8 Å². The zero-order chi connectivity index (χ0) is 14.5. The molecule has 0 aliphatic carbocycles. The minimum absolute atomic E-state index is 0.233. The number of nitrogens with one attached hydrogen (secondary N) is 1. The van der Waals surface area contributed by atoms with Crippen LogP contribution in [0.3, 0.4) is 0 Å². The molecule has 4 heteroatoms. The summed E-state index contributed by atoms with van der Waals surface area (Å²) in [6.45, 7) is 5.92. The lowest BCUT2D eigenvalue weighted by atomic mass is 10.0. The van der Waals surface area contributed by atoms with Crippen molar-refractivity contribution < 1.29 is 9.53 Å². The summed E-state index contributed by atoms with van der Waals surface area (Å²) < 4.78 is 5.33. The van der Waals surface area contributed by atoms with Crippen molar-refractivity contribution in [3.63, 3.8) is 0 Å². The number of amides is 1. The van der Waals surface area contributed by atoms with Gasteiger partial charge in [0.2, 0.25) is 5.91 Å². The predicted octanol–water partition coefficient (Wildman–Crippen LogP) is 1.84. The van der Waals surface area contributed by atoms with E-state index in [-0.39, 0.29) is 11.9 Å². The molecule has 1 aliphatic heterocycles. The molecular formula is C16H24N2O2. The largest absolute Gasteiger partial charge is 0.496 e. The molecule has 1 aliphatic rings. The summed E-state index contributed by atoms with van der Waals surface area (Å²) in [7, 11) is 1.67. The number of aryl methyl sites for hydroxylation is 1. The van der Waals surface area contributed by atoms with Gasteiger partial charge < -0.3 is 15.0 Å². The van der Waals surface area contributed by atoms with Gasteiger partial charge in [-0.2, -0.15) is 0 Å². The van der Waals surface area contributed by atoms with Gasteiger partial charge in [-0.05, 0) is 31.9 Å². The molecule has 0 spiro atoms. The molecule has 2 rings (SSSR count). The monoisotopic (exact) mass is 276 g/mol. The molecule has 1 amide bonds. The van der Waals surface area contributed by atoms with Crippen molar-refractivity contribution in [2.75, 3.05) is 20.2 Å². The number of benzene rings is 1. The standard InChI is InChI=1S/C16H24N2O2/c1-12-13(2)18(11-10-17-12)16(19)9-8-14-6-4-5-7-15(14)20-3/h4-7,12-13,17H,8-11H2,1-3H3. The molecule has 0 aromatic heterocycles. The Bertz CT molecular complexity index is 462. The van der Waals surface area contributed by atoms with E-state index in [1.165, 1.54) is 0 Å². The number of carbonyl (C=O) groups is 1. The Morgan fingerprint density at radius 3 is 2.90 bits per heavy atom. The third-order valence-corrected chi connectivity index (χ3v) is 4.16. The molecule has 1 N–H and O–H groups in total. The van der Waals surface area contributed by atoms with E-state index < -0.39 is 0 Å². The number of ether oxygens (including phenoxy) is 1. The average Bonchev–Trinajstić information content (AvgIpc) is 2.48. The minimum Gasteiger partial charge on any atom is -0.496 e. The van der Waals surface area contributed by atoms with Crippen molar-refractivity contribution in [1.82, 2.24) is 10.2 Å². The fourth-order valence-corrected chi connectivity index (χ4v) is 2.70. The van der Waals surface area contributed by atoms with Crippen molar-refractivity contribution in [1.29, 1.82) is 0 Å². The van der Waals surface area contributed by atoms with Crippen LogP contribution in [-0.4, -0.2) is 43.1 Å². The van der Waals surface area contributed by atoms with Gasteiger partial charge in [-0.1, -0.05) is 18.2 Å². The maximum atomic E-state index is 12.4. The maximum absolute atomic E-state index is 12.4. The van der Waals surface area contributed by atoms with Crippen LogP contribution in [0.5, 0.6) is 5.75 Å². The van der Waals surface area contributed by atoms with Gasteiger partial charge in [-0.3, -0.25) is 4.79 Å². The predicted molar refractivity (Wildman–Crippen MR) is 80.0 cm³/mol. The van der Waals surface area contributed by atoms with Crippen LogP contribution in [0, 0.1) is 0 Å². The number of hydrogen-bond donors (Lipinski definition) is 1. The molecule has 2 atom stereocenters. The van der Waals surface area contributed by atoms with Crippen molar-refractivity contribution in [3.8, 4) is 5.75 Å². The first-order valence-corrected chi connectivity index (χ1v) is 7.28. The molecule has 0 bridgehead atoms. The Morgan fingerprint density at radius 2 is 2.15 bits per heavy atom. The van der Waals surface area contributed by atoms with Gasteiger partial charge in [0, 0.05) is 31.6 Å². The first kappa shape index (κ1) is 14.9. The average molecular weight is 276 g/mol. The Balaban J connectivity index is 1.95. The fraction of sp³-hybridized carbons (Fsp3) is 0.562. The number of nitrogens with zero attached hydrogens (tertiary/aromatic N) is 1. The zero-order valence-corrected chi connectivity index (χ0v) is 12.6. The Labute approximate surface area is 121 Å². The quantitative estimate of drug-likeness (QED) is 0.912. The molecule has 4 nitrogen and oxygen atoms in total. The van der Waals surface area contributed by atoms with E-state index in [2.05, 4.69) is 19.2 Å². The van der Waals surface area contributed by atoms with Crippen molar-refractivity contribution in [3.05, 3.63) is 29.8 Å². The van der Waals surface area contributed by atoms with E-state index in [1.807, 2.05) is 29.2 Å². The molecule has 0 radical (unpaired) electrons. The van der Waals surface area contributed by atoms with E-state index in [9.17, 15) is 4.79 Å². The van der Waals surface area contributed by atoms with Gasteiger partial charge in [0.15, 0.2) is 0 Å². The topological polar surface area (TPSA) is 41.6 Å². The van der Waals surface area contributed by atoms with Gasteiger partial charge in [-0.25, -0.2) is 0 Å². The van der Waals surface area contributed by atoms with Crippen molar-refractivity contribution in [2.24, 2.45) is 0 Å². The smallest absolute Gasteiger partial charge is 0.223 e. The molecule has 20 heavy (non-hydrogen) atoms. The highest BCUT2D eigenvalue weighted by atomic mass is 16.5. The summed E-state index contributed by atoms with van der Waals surface area (Å²) in [6.07, 6.45) is 1.27. The molecule has 1 aromatic rings. The van der Waals surface area contributed by atoms with Gasteiger partial charge in [-0.15, -0.1) is 0 Å². The molecular weight excluding hydrogens is 252 g/mol. The van der Waals surface area contributed by atoms with E-state index in [4.69, 9.17) is 4.74 Å². The van der Waals surface area contributed by atoms with Crippen LogP contribution in [0.4, 0.5) is 0 Å². The number of hydrogen-bond acceptors (Lipinski definition) is 3. The van der Waals surface area contributed by atoms with Crippen LogP contribution < -0.4 is 10.1 Å². The van der Waals surface area contributed by atoms with Crippen LogP contribution in [0.25, 0.3) is 0 Å². The molecule has 1 aromatic carbocycles. The summed E-state index contributed by atoms with van der Waals surface area (Å²) in [5.41, 5.74) is 1.10. The van der Waals surface area contributed by atoms with E-state index >= 15 is 0 Å². The number of methoxy groups -OCH3 is 1. The van der Waals surface area contributed by atoms with E-state index in [0.717, 1.165) is 30.8 Å². The van der Waals surface area contributed by atoms with Gasteiger partial charge >= 0.3 is 0 Å². The highest BCUT2D eigenvalue weighted by Gasteiger charge is 2.27. The SMILES string of the molecule is COc1ccccc1CCC(=O)N1CCNC(C)C1C. The summed E-state index contributed by atoms with van der Waals surface area (Å²) in [5, 5.41) is 3.39. The summed E-state index contributed by atoms with van der Waals surface area (Å²) in [5.74, 6) is 1.10. The second kappa shape index (κ2) is 6.75. The first-order valence-electron chi connectivity index (χ1n) is 7.28. The summed E-state index contributed by atoms with van der Waals surface area (Å²) in [6, 6.07) is 8.51. The van der Waals surface area contributed by atoms with Gasteiger partial charge in [0.1, 0.15) is 5.75 Å². The lowest BCUT2D eigenvalue weighted by Crippen LogP contribution is -2.57. The molecule has 1 saturated heterocycles. The maximum Gasteiger partial charge on any atom is 0.223 e. The second-order valence-electron chi connectivity index (χ2n) is 5.38. The van der Waals surface area contributed by atoms with E-state index in [1.54, 1.807) is 7.11 Å². The van der Waals surface area contributed by atoms with Crippen LogP contribution in [0.15, 0.2) is 24.3 Å². The Morgan fingerprint density at radius 1 is 1.40 bits per heavy atom. The number of para-hydroxylation sites is 1. The molecule has 0 saturated carbocycles. The second-order valence-corrected chi connectivity index (χ2v) is 5.38. The van der Waals surface area contributed by atoms with Crippen molar-refractivity contribution in [2.45, 2.75) is 38.8 Å². The number of carbonyl (C=O) groups excluding carboxylic acids is 1. The zero-order valence-electron chi connectivity index (χ0n) is 12.6. The van der Waals surface area contributed by atoms with Gasteiger partial charge in [0.25, 0.3) is 0 Å². The highest BCUT2D eigenvalue weighted by molar-refractivity contribution is 5.77. The summed E-state index contributed by atoms with van der Waals surface area (Å²) in [4.78, 5) is 14.4. The molecule has 2 unspecified atom stereocenters. The van der Waals surface area contributed by atoms with Gasteiger partial charge in [0.05, 0.1) is 7.11 Å². The van der Waals surface area contributed by atoms with E-state index in [0.29, 0.717) is 12.5 Å². The lowest BCUT2D eigenvalue weighted by Gasteiger charge is -2.38. The van der Waals surface area contributed by atoms with Crippen LogP contribution in [-0.2, 0) is 11.2 Å². The lowest BCUT2D eigenvalue weighted by molar-refractivity contribution is -0.134. The third-order valence-electron chi connectivity index (χ3n) is 4.16. The third kappa shape index (κ3) is 3.31. The summed E-state index contributed by atoms with van der Waals surface area (Å²) >= 11 is 0. The Kier molecular flexibility index (Phi) is 5.01.